The number of carbonyl (C=O) groups is 1. The second kappa shape index (κ2) is 8.31. The molecule has 0 spiro atoms. The van der Waals surface area contributed by atoms with E-state index in [4.69, 9.17) is 4.74 Å². The Morgan fingerprint density at radius 3 is 2.59 bits per heavy atom. The monoisotopic (exact) mass is 362 g/mol. The molecule has 0 saturated heterocycles. The Labute approximate surface area is 158 Å². The number of ether oxygens (including phenoxy) is 1. The highest BCUT2D eigenvalue weighted by Gasteiger charge is 2.13. The van der Waals surface area contributed by atoms with Crippen molar-refractivity contribution in [2.75, 3.05) is 17.2 Å². The lowest BCUT2D eigenvalue weighted by Crippen LogP contribution is -2.09. The highest BCUT2D eigenvalue weighted by atomic mass is 16.5. The van der Waals surface area contributed by atoms with Crippen LogP contribution in [0.4, 0.5) is 23.1 Å². The van der Waals surface area contributed by atoms with E-state index in [0.717, 1.165) is 16.9 Å². The quantitative estimate of drug-likeness (QED) is 0.616. The molecule has 6 nitrogen and oxygen atoms in total. The summed E-state index contributed by atoms with van der Waals surface area (Å²) in [5, 5.41) is 6.41. The van der Waals surface area contributed by atoms with Gasteiger partial charge in [0, 0.05) is 17.4 Å². The fourth-order valence-corrected chi connectivity index (χ4v) is 2.66. The van der Waals surface area contributed by atoms with Crippen LogP contribution in [0.5, 0.6) is 0 Å². The molecule has 2 aromatic carbocycles. The molecule has 2 N–H and O–H groups in total. The van der Waals surface area contributed by atoms with Crippen molar-refractivity contribution in [3.05, 3.63) is 71.4 Å². The third kappa shape index (κ3) is 4.82. The topological polar surface area (TPSA) is 76.1 Å². The van der Waals surface area contributed by atoms with Crippen molar-refractivity contribution in [1.29, 1.82) is 0 Å². The molecule has 0 aliphatic carbocycles. The second-order valence-electron chi connectivity index (χ2n) is 6.10. The zero-order valence-electron chi connectivity index (χ0n) is 15.6. The Morgan fingerprint density at radius 2 is 1.81 bits per heavy atom. The maximum absolute atomic E-state index is 12.1. The summed E-state index contributed by atoms with van der Waals surface area (Å²) in [5.74, 6) is 0.692. The van der Waals surface area contributed by atoms with Crippen molar-refractivity contribution in [3.63, 3.8) is 0 Å². The molecule has 6 heteroatoms. The van der Waals surface area contributed by atoms with Crippen molar-refractivity contribution >= 4 is 29.1 Å². The van der Waals surface area contributed by atoms with Gasteiger partial charge in [0.05, 0.1) is 17.9 Å². The van der Waals surface area contributed by atoms with Gasteiger partial charge in [-0.05, 0) is 50.6 Å². The first-order valence-corrected chi connectivity index (χ1v) is 8.77. The van der Waals surface area contributed by atoms with E-state index in [-0.39, 0.29) is 5.97 Å². The van der Waals surface area contributed by atoms with Gasteiger partial charge in [-0.1, -0.05) is 24.3 Å². The number of carbonyl (C=O) groups excluding carboxylic acids is 1. The molecule has 138 valence electrons. The number of benzene rings is 2. The van der Waals surface area contributed by atoms with Crippen molar-refractivity contribution in [2.24, 2.45) is 0 Å². The molecule has 0 fully saturated rings. The SMILES string of the molecule is CCOC(=O)c1ccccc1Nc1nc(C)cc(Nc2cccc(C)c2)n1. The van der Waals surface area contributed by atoms with Crippen LogP contribution in [0, 0.1) is 13.8 Å². The van der Waals surface area contributed by atoms with E-state index < -0.39 is 0 Å². The number of para-hydroxylation sites is 1. The molecule has 0 aliphatic heterocycles. The van der Waals surface area contributed by atoms with Gasteiger partial charge in [-0.15, -0.1) is 0 Å². The number of hydrogen-bond donors (Lipinski definition) is 2. The van der Waals surface area contributed by atoms with E-state index in [1.54, 1.807) is 25.1 Å². The predicted molar refractivity (Wildman–Crippen MR) is 107 cm³/mol. The molecule has 1 heterocycles. The van der Waals surface area contributed by atoms with E-state index in [0.29, 0.717) is 29.6 Å². The summed E-state index contributed by atoms with van der Waals surface area (Å²) in [5.41, 5.74) is 3.95. The van der Waals surface area contributed by atoms with Gasteiger partial charge in [0.2, 0.25) is 5.95 Å². The molecular formula is C21H22N4O2. The van der Waals surface area contributed by atoms with Crippen molar-refractivity contribution in [3.8, 4) is 0 Å². The summed E-state index contributed by atoms with van der Waals surface area (Å²) in [4.78, 5) is 21.1. The summed E-state index contributed by atoms with van der Waals surface area (Å²) in [7, 11) is 0. The number of aromatic nitrogens is 2. The van der Waals surface area contributed by atoms with Crippen LogP contribution in [0.3, 0.4) is 0 Å². The second-order valence-corrected chi connectivity index (χ2v) is 6.10. The van der Waals surface area contributed by atoms with E-state index in [1.165, 1.54) is 0 Å². The highest BCUT2D eigenvalue weighted by Crippen LogP contribution is 2.22. The zero-order valence-corrected chi connectivity index (χ0v) is 15.6. The van der Waals surface area contributed by atoms with E-state index in [1.807, 2.05) is 50.2 Å². The number of nitrogens with zero attached hydrogens (tertiary/aromatic N) is 2. The fraction of sp³-hybridized carbons (Fsp3) is 0.190. The molecule has 0 saturated carbocycles. The van der Waals surface area contributed by atoms with E-state index in [9.17, 15) is 4.79 Å². The van der Waals surface area contributed by atoms with Crippen LogP contribution in [0.15, 0.2) is 54.6 Å². The van der Waals surface area contributed by atoms with Gasteiger partial charge < -0.3 is 15.4 Å². The van der Waals surface area contributed by atoms with Crippen molar-refractivity contribution in [2.45, 2.75) is 20.8 Å². The zero-order chi connectivity index (χ0) is 19.2. The first-order valence-electron chi connectivity index (χ1n) is 8.77. The lowest BCUT2D eigenvalue weighted by atomic mass is 10.2. The maximum atomic E-state index is 12.1. The normalized spacial score (nSPS) is 10.3. The van der Waals surface area contributed by atoms with Gasteiger partial charge in [0.25, 0.3) is 0 Å². The van der Waals surface area contributed by atoms with Gasteiger partial charge in [-0.3, -0.25) is 0 Å². The van der Waals surface area contributed by atoms with Crippen LogP contribution in [0.2, 0.25) is 0 Å². The maximum Gasteiger partial charge on any atom is 0.340 e. The fourth-order valence-electron chi connectivity index (χ4n) is 2.66. The molecule has 0 bridgehead atoms. The van der Waals surface area contributed by atoms with Gasteiger partial charge >= 0.3 is 5.97 Å². The Kier molecular flexibility index (Phi) is 5.66. The summed E-state index contributed by atoms with van der Waals surface area (Å²) in [6.07, 6.45) is 0. The van der Waals surface area contributed by atoms with Crippen LogP contribution in [0.25, 0.3) is 0 Å². The van der Waals surface area contributed by atoms with E-state index >= 15 is 0 Å². The first kappa shape index (κ1) is 18.4. The molecule has 3 rings (SSSR count). The number of anilines is 4. The van der Waals surface area contributed by atoms with Gasteiger partial charge in [-0.25, -0.2) is 9.78 Å². The lowest BCUT2D eigenvalue weighted by Gasteiger charge is -2.12. The average molecular weight is 362 g/mol. The smallest absolute Gasteiger partial charge is 0.340 e. The van der Waals surface area contributed by atoms with Crippen LogP contribution in [-0.4, -0.2) is 22.5 Å². The molecule has 27 heavy (non-hydrogen) atoms. The molecule has 1 aromatic heterocycles. The minimum Gasteiger partial charge on any atom is -0.462 e. The van der Waals surface area contributed by atoms with Gasteiger partial charge in [-0.2, -0.15) is 4.98 Å². The molecule has 0 amide bonds. The Hall–Kier alpha value is -3.41. The Morgan fingerprint density at radius 1 is 1.00 bits per heavy atom. The summed E-state index contributed by atoms with van der Waals surface area (Å²) >= 11 is 0. The summed E-state index contributed by atoms with van der Waals surface area (Å²) in [6, 6.07) is 17.1. The number of hydrogen-bond acceptors (Lipinski definition) is 6. The van der Waals surface area contributed by atoms with Gasteiger partial charge in [0.15, 0.2) is 0 Å². The standard InChI is InChI=1S/C21H22N4O2/c1-4-27-20(26)17-10-5-6-11-18(17)24-21-22-15(3)13-19(25-21)23-16-9-7-8-14(2)12-16/h5-13H,4H2,1-3H3,(H2,22,23,24,25). The lowest BCUT2D eigenvalue weighted by molar-refractivity contribution is 0.0527. The van der Waals surface area contributed by atoms with Crippen molar-refractivity contribution < 1.29 is 9.53 Å². The number of nitrogens with one attached hydrogen (secondary N) is 2. The first-order chi connectivity index (χ1) is 13.0. The molecule has 0 aliphatic rings. The molecular weight excluding hydrogens is 340 g/mol. The Bertz CT molecular complexity index is 956. The largest absolute Gasteiger partial charge is 0.462 e. The predicted octanol–water partition coefficient (Wildman–Crippen LogP) is 4.76. The minimum absolute atomic E-state index is 0.318. The summed E-state index contributed by atoms with van der Waals surface area (Å²) in [6.45, 7) is 6.03. The third-order valence-electron chi connectivity index (χ3n) is 3.81. The third-order valence-corrected chi connectivity index (χ3v) is 3.81. The minimum atomic E-state index is -0.383. The van der Waals surface area contributed by atoms with Crippen LogP contribution < -0.4 is 10.6 Å². The number of aryl methyl sites for hydroxylation is 2. The van der Waals surface area contributed by atoms with Crippen LogP contribution in [0.1, 0.15) is 28.5 Å². The molecule has 0 radical (unpaired) electrons. The molecule has 0 atom stereocenters. The number of rotatable bonds is 6. The number of esters is 1. The Balaban J connectivity index is 1.86. The summed E-state index contributed by atoms with van der Waals surface area (Å²) < 4.78 is 5.11. The van der Waals surface area contributed by atoms with Crippen molar-refractivity contribution in [1.82, 2.24) is 9.97 Å². The molecule has 0 unspecified atom stereocenters. The van der Waals surface area contributed by atoms with E-state index in [2.05, 4.69) is 20.6 Å². The van der Waals surface area contributed by atoms with Crippen LogP contribution >= 0.6 is 0 Å². The van der Waals surface area contributed by atoms with Gasteiger partial charge in [0.1, 0.15) is 5.82 Å². The van der Waals surface area contributed by atoms with Crippen LogP contribution in [-0.2, 0) is 4.74 Å². The average Bonchev–Trinajstić information content (AvgIpc) is 2.62. The highest BCUT2D eigenvalue weighted by molar-refractivity contribution is 5.96. The molecule has 3 aromatic rings.